The number of hydrogen-bond donors (Lipinski definition) is 1. The van der Waals surface area contributed by atoms with E-state index in [1.165, 1.54) is 25.7 Å². The van der Waals surface area contributed by atoms with Crippen LogP contribution in [0.15, 0.2) is 18.2 Å². The molecular formula is C20H30N2O2. The van der Waals surface area contributed by atoms with E-state index in [1.54, 1.807) is 6.92 Å². The van der Waals surface area contributed by atoms with Crippen molar-refractivity contribution in [2.75, 3.05) is 11.9 Å². The van der Waals surface area contributed by atoms with E-state index >= 15 is 0 Å². The van der Waals surface area contributed by atoms with Crippen LogP contribution in [0.3, 0.4) is 0 Å². The van der Waals surface area contributed by atoms with Gasteiger partial charge in [0.15, 0.2) is 0 Å². The summed E-state index contributed by atoms with van der Waals surface area (Å²) in [5.74, 6) is 0.0602. The highest BCUT2D eigenvalue weighted by Gasteiger charge is 2.22. The fourth-order valence-electron chi connectivity index (χ4n) is 3.49. The van der Waals surface area contributed by atoms with Crippen LogP contribution in [0.25, 0.3) is 0 Å². The SMILES string of the molecule is CC(=O)N(CCC(=O)Nc1cccc(C)c1C)C1CCCCCC1. The van der Waals surface area contributed by atoms with Gasteiger partial charge in [0.1, 0.15) is 0 Å². The fourth-order valence-corrected chi connectivity index (χ4v) is 3.49. The summed E-state index contributed by atoms with van der Waals surface area (Å²) in [7, 11) is 0. The zero-order chi connectivity index (χ0) is 17.5. The standard InChI is InChI=1S/C20H30N2O2/c1-15-9-8-12-19(16(15)2)21-20(24)13-14-22(17(3)23)18-10-6-4-5-7-11-18/h8-9,12,18H,4-7,10-11,13-14H2,1-3H3,(H,21,24). The van der Waals surface area contributed by atoms with Crippen molar-refractivity contribution in [3.63, 3.8) is 0 Å². The summed E-state index contributed by atoms with van der Waals surface area (Å²) in [4.78, 5) is 26.2. The Labute approximate surface area is 145 Å². The first-order valence-corrected chi connectivity index (χ1v) is 9.12. The Bertz CT molecular complexity index is 575. The van der Waals surface area contributed by atoms with Gasteiger partial charge in [0.2, 0.25) is 11.8 Å². The predicted octanol–water partition coefficient (Wildman–Crippen LogP) is 4.20. The lowest BCUT2D eigenvalue weighted by Crippen LogP contribution is -2.40. The first-order valence-electron chi connectivity index (χ1n) is 9.12. The monoisotopic (exact) mass is 330 g/mol. The zero-order valence-corrected chi connectivity index (χ0v) is 15.2. The molecule has 0 unspecified atom stereocenters. The molecule has 0 atom stereocenters. The third-order valence-corrected chi connectivity index (χ3v) is 5.13. The molecule has 4 heteroatoms. The maximum absolute atomic E-state index is 12.3. The Morgan fingerprint density at radius 1 is 1.12 bits per heavy atom. The molecule has 2 amide bonds. The number of carbonyl (C=O) groups is 2. The molecule has 1 aliphatic carbocycles. The number of nitrogens with zero attached hydrogens (tertiary/aromatic N) is 1. The molecule has 0 heterocycles. The minimum atomic E-state index is -0.0245. The molecule has 0 spiro atoms. The van der Waals surface area contributed by atoms with Crippen molar-refractivity contribution in [1.82, 2.24) is 4.90 Å². The number of rotatable bonds is 5. The van der Waals surface area contributed by atoms with Gasteiger partial charge in [-0.2, -0.15) is 0 Å². The van der Waals surface area contributed by atoms with Crippen LogP contribution in [-0.4, -0.2) is 29.3 Å². The summed E-state index contributed by atoms with van der Waals surface area (Å²) >= 11 is 0. The topological polar surface area (TPSA) is 49.4 Å². The molecule has 1 saturated carbocycles. The minimum absolute atomic E-state index is 0.0245. The Balaban J connectivity index is 1.92. The average Bonchev–Trinajstić information content (AvgIpc) is 2.81. The number of aryl methyl sites for hydroxylation is 1. The van der Waals surface area contributed by atoms with E-state index in [-0.39, 0.29) is 11.8 Å². The van der Waals surface area contributed by atoms with Crippen LogP contribution in [0, 0.1) is 13.8 Å². The Kier molecular flexibility index (Phi) is 6.83. The quantitative estimate of drug-likeness (QED) is 0.822. The van der Waals surface area contributed by atoms with Gasteiger partial charge in [0, 0.05) is 31.6 Å². The number of hydrogen-bond acceptors (Lipinski definition) is 2. The van der Waals surface area contributed by atoms with E-state index in [9.17, 15) is 9.59 Å². The zero-order valence-electron chi connectivity index (χ0n) is 15.2. The van der Waals surface area contributed by atoms with Crippen molar-refractivity contribution in [1.29, 1.82) is 0 Å². The number of amides is 2. The first-order chi connectivity index (χ1) is 11.5. The van der Waals surface area contributed by atoms with E-state index in [0.29, 0.717) is 19.0 Å². The number of anilines is 1. The third-order valence-electron chi connectivity index (χ3n) is 5.13. The third kappa shape index (κ3) is 5.08. The second-order valence-corrected chi connectivity index (χ2v) is 6.90. The molecule has 1 aromatic carbocycles. The van der Waals surface area contributed by atoms with Gasteiger partial charge in [0.05, 0.1) is 0 Å². The second kappa shape index (κ2) is 8.86. The molecular weight excluding hydrogens is 300 g/mol. The van der Waals surface area contributed by atoms with Gasteiger partial charge in [-0.3, -0.25) is 9.59 Å². The smallest absolute Gasteiger partial charge is 0.226 e. The fraction of sp³-hybridized carbons (Fsp3) is 0.600. The highest BCUT2D eigenvalue weighted by Crippen LogP contribution is 2.23. The van der Waals surface area contributed by atoms with Crippen molar-refractivity contribution in [3.8, 4) is 0 Å². The van der Waals surface area contributed by atoms with Crippen LogP contribution in [-0.2, 0) is 9.59 Å². The molecule has 132 valence electrons. The maximum atomic E-state index is 12.3. The molecule has 4 nitrogen and oxygen atoms in total. The van der Waals surface area contributed by atoms with Crippen LogP contribution < -0.4 is 5.32 Å². The number of nitrogens with one attached hydrogen (secondary N) is 1. The van der Waals surface area contributed by atoms with E-state index in [2.05, 4.69) is 5.32 Å². The molecule has 1 aliphatic rings. The predicted molar refractivity (Wildman–Crippen MR) is 98.0 cm³/mol. The van der Waals surface area contributed by atoms with Crippen molar-refractivity contribution in [2.45, 2.75) is 71.8 Å². The van der Waals surface area contributed by atoms with Crippen LogP contribution in [0.5, 0.6) is 0 Å². The summed E-state index contributed by atoms with van der Waals surface area (Å²) in [6.45, 7) is 6.18. The Hall–Kier alpha value is -1.84. The van der Waals surface area contributed by atoms with Gasteiger partial charge in [-0.05, 0) is 43.9 Å². The van der Waals surface area contributed by atoms with Gasteiger partial charge in [-0.1, -0.05) is 37.8 Å². The summed E-state index contributed by atoms with van der Waals surface area (Å²) in [6, 6.07) is 6.22. The van der Waals surface area contributed by atoms with E-state index in [4.69, 9.17) is 0 Å². The number of carbonyl (C=O) groups excluding carboxylic acids is 2. The molecule has 0 saturated heterocycles. The van der Waals surface area contributed by atoms with Crippen LogP contribution in [0.4, 0.5) is 5.69 Å². The molecule has 0 aromatic heterocycles. The summed E-state index contributed by atoms with van der Waals surface area (Å²) in [5.41, 5.74) is 3.12. The number of benzene rings is 1. The van der Waals surface area contributed by atoms with Crippen LogP contribution >= 0.6 is 0 Å². The molecule has 0 bridgehead atoms. The molecule has 1 N–H and O–H groups in total. The molecule has 1 fully saturated rings. The van der Waals surface area contributed by atoms with Crippen molar-refractivity contribution in [2.24, 2.45) is 0 Å². The van der Waals surface area contributed by atoms with E-state index < -0.39 is 0 Å². The Morgan fingerprint density at radius 3 is 2.42 bits per heavy atom. The van der Waals surface area contributed by atoms with Gasteiger partial charge < -0.3 is 10.2 Å². The highest BCUT2D eigenvalue weighted by atomic mass is 16.2. The lowest BCUT2D eigenvalue weighted by atomic mass is 10.1. The van der Waals surface area contributed by atoms with E-state index in [0.717, 1.165) is 29.7 Å². The van der Waals surface area contributed by atoms with Crippen molar-refractivity contribution in [3.05, 3.63) is 29.3 Å². The lowest BCUT2D eigenvalue weighted by molar-refractivity contribution is -0.131. The van der Waals surface area contributed by atoms with Gasteiger partial charge in [0.25, 0.3) is 0 Å². The molecule has 0 radical (unpaired) electrons. The largest absolute Gasteiger partial charge is 0.339 e. The van der Waals surface area contributed by atoms with Crippen LogP contribution in [0.2, 0.25) is 0 Å². The molecule has 0 aliphatic heterocycles. The summed E-state index contributed by atoms with van der Waals surface area (Å²) < 4.78 is 0. The van der Waals surface area contributed by atoms with Crippen molar-refractivity contribution < 1.29 is 9.59 Å². The maximum Gasteiger partial charge on any atom is 0.226 e. The lowest BCUT2D eigenvalue weighted by Gasteiger charge is -2.30. The van der Waals surface area contributed by atoms with Crippen molar-refractivity contribution >= 4 is 17.5 Å². The highest BCUT2D eigenvalue weighted by molar-refractivity contribution is 5.92. The first kappa shape index (κ1) is 18.5. The van der Waals surface area contributed by atoms with Gasteiger partial charge in [-0.15, -0.1) is 0 Å². The summed E-state index contributed by atoms with van der Waals surface area (Å²) in [6.07, 6.45) is 7.37. The summed E-state index contributed by atoms with van der Waals surface area (Å²) in [5, 5.41) is 2.98. The van der Waals surface area contributed by atoms with Crippen LogP contribution in [0.1, 0.15) is 63.0 Å². The molecule has 1 aromatic rings. The normalized spacial score (nSPS) is 15.6. The Morgan fingerprint density at radius 2 is 1.79 bits per heavy atom. The molecule has 2 rings (SSSR count). The second-order valence-electron chi connectivity index (χ2n) is 6.90. The van der Waals surface area contributed by atoms with Gasteiger partial charge >= 0.3 is 0 Å². The minimum Gasteiger partial charge on any atom is -0.339 e. The van der Waals surface area contributed by atoms with E-state index in [1.807, 2.05) is 36.9 Å². The van der Waals surface area contributed by atoms with Gasteiger partial charge in [-0.25, -0.2) is 0 Å². The molecule has 24 heavy (non-hydrogen) atoms. The average molecular weight is 330 g/mol.